The Kier molecular flexibility index (Phi) is 4.93. The number of nitrogens with one attached hydrogen (secondary N) is 1. The Morgan fingerprint density at radius 3 is 2.73 bits per heavy atom. The highest BCUT2D eigenvalue weighted by Crippen LogP contribution is 2.20. The Balaban J connectivity index is 1.52. The number of aryl methyl sites for hydroxylation is 1. The minimum absolute atomic E-state index is 0.202. The first-order valence-corrected chi connectivity index (χ1v) is 7.98. The molecule has 22 heavy (non-hydrogen) atoms. The molecule has 1 aromatic heterocycles. The summed E-state index contributed by atoms with van der Waals surface area (Å²) in [7, 11) is 2.04. The zero-order chi connectivity index (χ0) is 15.4. The quantitative estimate of drug-likeness (QED) is 0.854. The van der Waals surface area contributed by atoms with Crippen molar-refractivity contribution in [3.05, 3.63) is 59.9 Å². The third-order valence-electron chi connectivity index (χ3n) is 4.34. The SMILES string of the molecule is Cn1ccc(CNCC2CC(O)CN2Cc2ccccc2)c1. The average Bonchev–Trinajstić information content (AvgIpc) is 3.06. The van der Waals surface area contributed by atoms with E-state index in [-0.39, 0.29) is 6.10 Å². The molecule has 2 atom stereocenters. The van der Waals surface area contributed by atoms with Crippen LogP contribution in [0, 0.1) is 0 Å². The van der Waals surface area contributed by atoms with Crippen molar-refractivity contribution in [1.29, 1.82) is 0 Å². The first-order valence-electron chi connectivity index (χ1n) is 7.98. The number of aromatic nitrogens is 1. The van der Waals surface area contributed by atoms with Crippen LogP contribution >= 0.6 is 0 Å². The zero-order valence-electron chi connectivity index (χ0n) is 13.2. The van der Waals surface area contributed by atoms with E-state index >= 15 is 0 Å². The van der Waals surface area contributed by atoms with Gasteiger partial charge in [-0.1, -0.05) is 30.3 Å². The maximum Gasteiger partial charge on any atom is 0.0682 e. The van der Waals surface area contributed by atoms with E-state index in [9.17, 15) is 5.11 Å². The van der Waals surface area contributed by atoms with Crippen LogP contribution in [0.2, 0.25) is 0 Å². The molecular formula is C18H25N3O. The summed E-state index contributed by atoms with van der Waals surface area (Å²) in [6, 6.07) is 13.0. The highest BCUT2D eigenvalue weighted by molar-refractivity contribution is 5.15. The molecule has 4 nitrogen and oxygen atoms in total. The minimum atomic E-state index is -0.202. The van der Waals surface area contributed by atoms with Gasteiger partial charge < -0.3 is 15.0 Å². The monoisotopic (exact) mass is 299 g/mol. The molecule has 2 heterocycles. The van der Waals surface area contributed by atoms with Crippen LogP contribution in [0.4, 0.5) is 0 Å². The van der Waals surface area contributed by atoms with Crippen molar-refractivity contribution in [2.75, 3.05) is 13.1 Å². The molecule has 2 N–H and O–H groups in total. The topological polar surface area (TPSA) is 40.4 Å². The summed E-state index contributed by atoms with van der Waals surface area (Å²) in [4.78, 5) is 2.39. The van der Waals surface area contributed by atoms with E-state index in [1.54, 1.807) is 0 Å². The molecule has 0 radical (unpaired) electrons. The molecule has 0 saturated carbocycles. The summed E-state index contributed by atoms with van der Waals surface area (Å²) >= 11 is 0. The molecule has 1 aliphatic heterocycles. The van der Waals surface area contributed by atoms with Gasteiger partial charge in [0.2, 0.25) is 0 Å². The van der Waals surface area contributed by atoms with Gasteiger partial charge in [-0.2, -0.15) is 0 Å². The van der Waals surface area contributed by atoms with Gasteiger partial charge in [0.25, 0.3) is 0 Å². The number of likely N-dealkylation sites (tertiary alicyclic amines) is 1. The lowest BCUT2D eigenvalue weighted by atomic mass is 10.1. The van der Waals surface area contributed by atoms with Crippen molar-refractivity contribution < 1.29 is 5.11 Å². The second-order valence-corrected chi connectivity index (χ2v) is 6.27. The number of rotatable bonds is 6. The Morgan fingerprint density at radius 2 is 2.00 bits per heavy atom. The molecule has 2 unspecified atom stereocenters. The van der Waals surface area contributed by atoms with E-state index in [0.717, 1.165) is 32.6 Å². The van der Waals surface area contributed by atoms with Gasteiger partial charge in [-0.25, -0.2) is 0 Å². The van der Waals surface area contributed by atoms with E-state index < -0.39 is 0 Å². The Hall–Kier alpha value is -1.62. The third-order valence-corrected chi connectivity index (χ3v) is 4.34. The Labute approximate surface area is 132 Å². The lowest BCUT2D eigenvalue weighted by Crippen LogP contribution is -2.37. The van der Waals surface area contributed by atoms with E-state index in [4.69, 9.17) is 0 Å². The van der Waals surface area contributed by atoms with E-state index in [1.165, 1.54) is 11.1 Å². The van der Waals surface area contributed by atoms with Crippen molar-refractivity contribution in [3.8, 4) is 0 Å². The maximum absolute atomic E-state index is 9.99. The van der Waals surface area contributed by atoms with Crippen LogP contribution in [0.15, 0.2) is 48.8 Å². The predicted octanol–water partition coefficient (Wildman–Crippen LogP) is 1.75. The third kappa shape index (κ3) is 3.97. The fourth-order valence-corrected chi connectivity index (χ4v) is 3.23. The van der Waals surface area contributed by atoms with Gasteiger partial charge >= 0.3 is 0 Å². The van der Waals surface area contributed by atoms with Crippen molar-refractivity contribution in [1.82, 2.24) is 14.8 Å². The summed E-state index contributed by atoms with van der Waals surface area (Å²) in [6.07, 6.45) is 4.86. The number of hydrogen-bond acceptors (Lipinski definition) is 3. The lowest BCUT2D eigenvalue weighted by Gasteiger charge is -2.24. The van der Waals surface area contributed by atoms with E-state index in [0.29, 0.717) is 6.04 Å². The normalized spacial score (nSPS) is 22.3. The Morgan fingerprint density at radius 1 is 1.18 bits per heavy atom. The van der Waals surface area contributed by atoms with Gasteiger partial charge in [-0.05, 0) is 23.6 Å². The van der Waals surface area contributed by atoms with E-state index in [1.807, 2.05) is 13.1 Å². The van der Waals surface area contributed by atoms with Crippen LogP contribution in [0.5, 0.6) is 0 Å². The molecule has 0 spiro atoms. The largest absolute Gasteiger partial charge is 0.392 e. The van der Waals surface area contributed by atoms with Crippen LogP contribution in [0.3, 0.4) is 0 Å². The molecule has 0 bridgehead atoms. The number of β-amino-alcohol motifs (C(OH)–C–C–N with tert-alkyl or cyclic N) is 1. The molecule has 2 aromatic rings. The summed E-state index contributed by atoms with van der Waals surface area (Å²) < 4.78 is 2.07. The van der Waals surface area contributed by atoms with Crippen LogP contribution in [0.1, 0.15) is 17.5 Å². The van der Waals surface area contributed by atoms with Gasteiger partial charge in [0.1, 0.15) is 0 Å². The first-order chi connectivity index (χ1) is 10.7. The molecule has 118 valence electrons. The molecule has 1 aliphatic rings. The number of benzene rings is 1. The van der Waals surface area contributed by atoms with Crippen LogP contribution in [0.25, 0.3) is 0 Å². The average molecular weight is 299 g/mol. The number of aliphatic hydroxyl groups excluding tert-OH is 1. The van der Waals surface area contributed by atoms with Crippen molar-refractivity contribution in [2.45, 2.75) is 31.7 Å². The second-order valence-electron chi connectivity index (χ2n) is 6.27. The minimum Gasteiger partial charge on any atom is -0.392 e. The zero-order valence-corrected chi connectivity index (χ0v) is 13.2. The number of hydrogen-bond donors (Lipinski definition) is 2. The summed E-state index contributed by atoms with van der Waals surface area (Å²) in [5, 5.41) is 13.5. The maximum atomic E-state index is 9.99. The van der Waals surface area contributed by atoms with E-state index in [2.05, 4.69) is 57.5 Å². The van der Waals surface area contributed by atoms with Crippen LogP contribution in [-0.2, 0) is 20.1 Å². The summed E-state index contributed by atoms with van der Waals surface area (Å²) in [6.45, 7) is 3.48. The molecule has 1 saturated heterocycles. The van der Waals surface area contributed by atoms with Crippen LogP contribution < -0.4 is 5.32 Å². The van der Waals surface area contributed by atoms with Crippen molar-refractivity contribution in [3.63, 3.8) is 0 Å². The molecular weight excluding hydrogens is 274 g/mol. The summed E-state index contributed by atoms with van der Waals surface area (Å²) in [5.41, 5.74) is 2.61. The first kappa shape index (κ1) is 15.3. The number of nitrogens with zero attached hydrogens (tertiary/aromatic N) is 2. The van der Waals surface area contributed by atoms with Gasteiger partial charge in [0, 0.05) is 51.7 Å². The fraction of sp³-hybridized carbons (Fsp3) is 0.444. The number of aliphatic hydroxyl groups is 1. The molecule has 0 amide bonds. The van der Waals surface area contributed by atoms with Gasteiger partial charge in [0.05, 0.1) is 6.10 Å². The van der Waals surface area contributed by atoms with Gasteiger partial charge in [0.15, 0.2) is 0 Å². The Bertz CT molecular complexity index is 581. The smallest absolute Gasteiger partial charge is 0.0682 e. The molecule has 1 aromatic carbocycles. The molecule has 0 aliphatic carbocycles. The second kappa shape index (κ2) is 7.09. The molecule has 1 fully saturated rings. The van der Waals surface area contributed by atoms with Crippen molar-refractivity contribution >= 4 is 0 Å². The molecule has 3 rings (SSSR count). The standard InChI is InChI=1S/C18H25N3O/c1-20-8-7-16(12-20)10-19-11-17-9-18(22)14-21(17)13-15-5-3-2-4-6-15/h2-8,12,17-19,22H,9-11,13-14H2,1H3. The lowest BCUT2D eigenvalue weighted by molar-refractivity contribution is 0.172. The van der Waals surface area contributed by atoms with Crippen molar-refractivity contribution in [2.24, 2.45) is 7.05 Å². The highest BCUT2D eigenvalue weighted by Gasteiger charge is 2.30. The highest BCUT2D eigenvalue weighted by atomic mass is 16.3. The van der Waals surface area contributed by atoms with Gasteiger partial charge in [-0.3, -0.25) is 4.90 Å². The summed E-state index contributed by atoms with van der Waals surface area (Å²) in [5.74, 6) is 0. The van der Waals surface area contributed by atoms with Crippen LogP contribution in [-0.4, -0.2) is 39.8 Å². The fourth-order valence-electron chi connectivity index (χ4n) is 3.23. The predicted molar refractivity (Wildman–Crippen MR) is 88.4 cm³/mol. The van der Waals surface area contributed by atoms with Gasteiger partial charge in [-0.15, -0.1) is 0 Å². The molecule has 4 heteroatoms.